The Hall–Kier alpha value is -2.48. The van der Waals surface area contributed by atoms with Gasteiger partial charge in [0.05, 0.1) is 17.0 Å². The number of carbonyl (C=O) groups is 1. The number of hydrogen-bond acceptors (Lipinski definition) is 6. The van der Waals surface area contributed by atoms with Gasteiger partial charge in [0.1, 0.15) is 0 Å². The first kappa shape index (κ1) is 15.4. The van der Waals surface area contributed by atoms with E-state index in [0.717, 1.165) is 19.3 Å². The Morgan fingerprint density at radius 1 is 1.52 bits per heavy atom. The maximum Gasteiger partial charge on any atom is 0.359 e. The number of fused-ring (bicyclic) bond motifs is 1. The quantitative estimate of drug-likeness (QED) is 0.488. The highest BCUT2D eigenvalue weighted by atomic mass is 16.6. The molecule has 2 aromatic rings. The van der Waals surface area contributed by atoms with Crippen molar-refractivity contribution in [2.24, 2.45) is 0 Å². The summed E-state index contributed by atoms with van der Waals surface area (Å²) in [5, 5.41) is 15.9. The van der Waals surface area contributed by atoms with Crippen LogP contribution in [0.15, 0.2) is 18.2 Å². The molecule has 1 unspecified atom stereocenters. The van der Waals surface area contributed by atoms with Crippen LogP contribution in [0.1, 0.15) is 42.9 Å². The van der Waals surface area contributed by atoms with E-state index in [0.29, 0.717) is 17.5 Å². The highest BCUT2D eigenvalue weighted by Gasteiger charge is 2.25. The summed E-state index contributed by atoms with van der Waals surface area (Å²) in [6.07, 6.45) is 2.38. The van der Waals surface area contributed by atoms with Gasteiger partial charge in [0, 0.05) is 24.1 Å². The molecule has 23 heavy (non-hydrogen) atoms. The van der Waals surface area contributed by atoms with E-state index >= 15 is 0 Å². The van der Waals surface area contributed by atoms with Crippen molar-refractivity contribution in [3.8, 4) is 0 Å². The van der Waals surface area contributed by atoms with E-state index in [4.69, 9.17) is 9.47 Å². The van der Waals surface area contributed by atoms with Crippen LogP contribution in [0.5, 0.6) is 0 Å². The predicted octanol–water partition coefficient (Wildman–Crippen LogP) is 2.82. The van der Waals surface area contributed by atoms with Gasteiger partial charge in [0.2, 0.25) is 0 Å². The Labute approximate surface area is 132 Å². The molecule has 0 spiro atoms. The summed E-state index contributed by atoms with van der Waals surface area (Å²) >= 11 is 0. The van der Waals surface area contributed by atoms with Crippen molar-refractivity contribution < 1.29 is 19.2 Å². The standard InChI is InChI=1S/C15H17N3O5/c1-2-22-15(19)14-11-7-6-10(18(20)21)9-12(11)17(16-14)13-5-3-4-8-23-13/h6-7,9,13H,2-5,8H2,1H3. The zero-order valence-corrected chi connectivity index (χ0v) is 12.7. The van der Waals surface area contributed by atoms with E-state index < -0.39 is 10.9 Å². The molecule has 0 radical (unpaired) electrons. The van der Waals surface area contributed by atoms with Crippen molar-refractivity contribution in [1.82, 2.24) is 9.78 Å². The molecule has 0 aliphatic carbocycles. The summed E-state index contributed by atoms with van der Waals surface area (Å²) in [5.74, 6) is -0.541. The molecule has 0 N–H and O–H groups in total. The largest absolute Gasteiger partial charge is 0.461 e. The minimum Gasteiger partial charge on any atom is -0.461 e. The average Bonchev–Trinajstić information content (AvgIpc) is 2.94. The third kappa shape index (κ3) is 2.89. The van der Waals surface area contributed by atoms with Gasteiger partial charge in [-0.1, -0.05) is 0 Å². The molecule has 122 valence electrons. The molecule has 8 nitrogen and oxygen atoms in total. The fourth-order valence-electron chi connectivity index (χ4n) is 2.73. The van der Waals surface area contributed by atoms with E-state index in [9.17, 15) is 14.9 Å². The average molecular weight is 319 g/mol. The number of nitrogens with zero attached hydrogens (tertiary/aromatic N) is 3. The summed E-state index contributed by atoms with van der Waals surface area (Å²) in [6, 6.07) is 4.31. The van der Waals surface area contributed by atoms with Crippen LogP contribution in [0.25, 0.3) is 10.9 Å². The lowest BCUT2D eigenvalue weighted by Gasteiger charge is -2.23. The SMILES string of the molecule is CCOC(=O)c1nn(C2CCCCO2)c2cc([N+](=O)[O-])ccc12. The molecule has 1 aromatic carbocycles. The Balaban J connectivity index is 2.13. The fourth-order valence-corrected chi connectivity index (χ4v) is 2.73. The monoisotopic (exact) mass is 319 g/mol. The normalized spacial score (nSPS) is 18.0. The number of hydrogen-bond donors (Lipinski definition) is 0. The van der Waals surface area contributed by atoms with E-state index in [2.05, 4.69) is 5.10 Å². The van der Waals surface area contributed by atoms with Crippen LogP contribution in [-0.4, -0.2) is 33.9 Å². The summed E-state index contributed by atoms with van der Waals surface area (Å²) < 4.78 is 12.3. The van der Waals surface area contributed by atoms with E-state index in [1.165, 1.54) is 18.2 Å². The number of carbonyl (C=O) groups excluding carboxylic acids is 1. The van der Waals surface area contributed by atoms with Crippen molar-refractivity contribution in [2.45, 2.75) is 32.4 Å². The second kappa shape index (κ2) is 6.33. The summed E-state index contributed by atoms with van der Waals surface area (Å²) in [6.45, 7) is 2.56. The molecule has 1 fully saturated rings. The Kier molecular flexibility index (Phi) is 4.24. The molecule has 0 amide bonds. The molecular formula is C15H17N3O5. The van der Waals surface area contributed by atoms with Gasteiger partial charge in [0.15, 0.2) is 11.9 Å². The van der Waals surface area contributed by atoms with E-state index in [1.807, 2.05) is 0 Å². The molecule has 1 aliphatic heterocycles. The minimum absolute atomic E-state index is 0.0510. The van der Waals surface area contributed by atoms with Crippen molar-refractivity contribution in [3.05, 3.63) is 34.0 Å². The number of nitro groups is 1. The van der Waals surface area contributed by atoms with Crippen LogP contribution in [0.2, 0.25) is 0 Å². The lowest BCUT2D eigenvalue weighted by atomic mass is 10.1. The first-order valence-electron chi connectivity index (χ1n) is 7.57. The zero-order valence-electron chi connectivity index (χ0n) is 12.7. The van der Waals surface area contributed by atoms with Crippen molar-refractivity contribution in [1.29, 1.82) is 0 Å². The maximum atomic E-state index is 12.1. The number of rotatable bonds is 4. The minimum atomic E-state index is -0.541. The number of nitro benzene ring substituents is 1. The molecule has 0 bridgehead atoms. The second-order valence-corrected chi connectivity index (χ2v) is 5.29. The van der Waals surface area contributed by atoms with Crippen molar-refractivity contribution in [2.75, 3.05) is 13.2 Å². The van der Waals surface area contributed by atoms with Crippen LogP contribution in [0, 0.1) is 10.1 Å². The van der Waals surface area contributed by atoms with Gasteiger partial charge in [-0.2, -0.15) is 5.10 Å². The molecule has 3 rings (SSSR count). The number of benzene rings is 1. The highest BCUT2D eigenvalue weighted by molar-refractivity contribution is 6.02. The van der Waals surface area contributed by atoms with Crippen LogP contribution >= 0.6 is 0 Å². The smallest absolute Gasteiger partial charge is 0.359 e. The second-order valence-electron chi connectivity index (χ2n) is 5.29. The van der Waals surface area contributed by atoms with Crippen LogP contribution in [0.4, 0.5) is 5.69 Å². The first-order chi connectivity index (χ1) is 11.1. The predicted molar refractivity (Wildman–Crippen MR) is 81.2 cm³/mol. The van der Waals surface area contributed by atoms with Crippen LogP contribution in [-0.2, 0) is 9.47 Å². The lowest BCUT2D eigenvalue weighted by molar-refractivity contribution is -0.384. The van der Waals surface area contributed by atoms with Gasteiger partial charge in [-0.25, -0.2) is 9.48 Å². The van der Waals surface area contributed by atoms with Crippen LogP contribution < -0.4 is 0 Å². The summed E-state index contributed by atoms with van der Waals surface area (Å²) in [5.41, 5.74) is 0.616. The molecule has 2 heterocycles. The van der Waals surface area contributed by atoms with E-state index in [1.54, 1.807) is 11.6 Å². The van der Waals surface area contributed by atoms with Crippen molar-refractivity contribution >= 4 is 22.6 Å². The topological polar surface area (TPSA) is 96.5 Å². The molecular weight excluding hydrogens is 302 g/mol. The molecule has 0 saturated carbocycles. The van der Waals surface area contributed by atoms with Gasteiger partial charge in [0.25, 0.3) is 5.69 Å². The van der Waals surface area contributed by atoms with E-state index in [-0.39, 0.29) is 24.2 Å². The van der Waals surface area contributed by atoms with Gasteiger partial charge < -0.3 is 9.47 Å². The summed E-state index contributed by atoms with van der Waals surface area (Å²) in [4.78, 5) is 22.7. The Morgan fingerprint density at radius 2 is 2.35 bits per heavy atom. The molecule has 1 atom stereocenters. The zero-order chi connectivity index (χ0) is 16.4. The molecule has 1 saturated heterocycles. The summed E-state index contributed by atoms with van der Waals surface area (Å²) in [7, 11) is 0. The maximum absolute atomic E-state index is 12.1. The van der Waals surface area contributed by atoms with Crippen molar-refractivity contribution in [3.63, 3.8) is 0 Å². The number of non-ortho nitro benzene ring substituents is 1. The lowest BCUT2D eigenvalue weighted by Crippen LogP contribution is -2.19. The van der Waals surface area contributed by atoms with Gasteiger partial charge in [-0.3, -0.25) is 10.1 Å². The third-order valence-electron chi connectivity index (χ3n) is 3.80. The third-order valence-corrected chi connectivity index (χ3v) is 3.80. The molecule has 1 aromatic heterocycles. The Morgan fingerprint density at radius 3 is 3.00 bits per heavy atom. The number of ether oxygens (including phenoxy) is 2. The van der Waals surface area contributed by atoms with Gasteiger partial charge in [-0.15, -0.1) is 0 Å². The number of esters is 1. The Bertz CT molecular complexity index is 749. The first-order valence-corrected chi connectivity index (χ1v) is 7.57. The van der Waals surface area contributed by atoms with Crippen LogP contribution in [0.3, 0.4) is 0 Å². The molecule has 8 heteroatoms. The van der Waals surface area contributed by atoms with Gasteiger partial charge >= 0.3 is 5.97 Å². The fraction of sp³-hybridized carbons (Fsp3) is 0.467. The molecule has 1 aliphatic rings. The number of aromatic nitrogens is 2. The highest BCUT2D eigenvalue weighted by Crippen LogP contribution is 2.30. The van der Waals surface area contributed by atoms with Gasteiger partial charge in [-0.05, 0) is 32.3 Å².